The van der Waals surface area contributed by atoms with Gasteiger partial charge in [0, 0.05) is 0 Å². The third-order valence-electron chi connectivity index (χ3n) is 1.56. The Balaban J connectivity index is 2.50. The van der Waals surface area contributed by atoms with Crippen molar-refractivity contribution in [2.24, 2.45) is 5.16 Å². The number of hydrogen-bond donors (Lipinski definition) is 0. The molecule has 0 fully saturated rings. The molecule has 2 heteroatoms. The van der Waals surface area contributed by atoms with Gasteiger partial charge in [-0.05, 0) is 26.3 Å². The van der Waals surface area contributed by atoms with Crippen molar-refractivity contribution in [1.82, 2.24) is 0 Å². The van der Waals surface area contributed by atoms with Crippen LogP contribution in [0.3, 0.4) is 0 Å². The zero-order valence-corrected chi connectivity index (χ0v) is 8.37. The fraction of sp³-hybridized carbons (Fsp3) is 0.364. The van der Waals surface area contributed by atoms with Gasteiger partial charge in [0.25, 0.3) is 0 Å². The van der Waals surface area contributed by atoms with Gasteiger partial charge in [-0.15, -0.1) is 0 Å². The molecule has 0 unspecified atom stereocenters. The summed E-state index contributed by atoms with van der Waals surface area (Å²) < 4.78 is 0. The van der Waals surface area contributed by atoms with Gasteiger partial charge in [0.2, 0.25) is 0 Å². The van der Waals surface area contributed by atoms with Crippen molar-refractivity contribution in [2.75, 3.05) is 0 Å². The minimum absolute atomic E-state index is 0.548. The highest BCUT2D eigenvalue weighted by atomic mass is 16.6. The first kappa shape index (κ1) is 9.78. The first-order valence-electron chi connectivity index (χ1n) is 4.37. The van der Waals surface area contributed by atoms with Gasteiger partial charge in [0.05, 0.1) is 5.71 Å². The fourth-order valence-corrected chi connectivity index (χ4v) is 1.04. The van der Waals surface area contributed by atoms with Crippen molar-refractivity contribution in [3.8, 4) is 0 Å². The molecule has 70 valence electrons. The Kier molecular flexibility index (Phi) is 3.50. The van der Waals surface area contributed by atoms with Gasteiger partial charge in [-0.25, -0.2) is 0 Å². The van der Waals surface area contributed by atoms with E-state index in [4.69, 9.17) is 4.84 Å². The van der Waals surface area contributed by atoms with Crippen LogP contribution in [-0.4, -0.2) is 5.71 Å². The molecule has 0 aliphatic carbocycles. The molecular formula is C11H15NO. The van der Waals surface area contributed by atoms with E-state index in [9.17, 15) is 0 Å². The maximum absolute atomic E-state index is 5.12. The monoisotopic (exact) mass is 177 g/mol. The zero-order valence-electron chi connectivity index (χ0n) is 8.37. The fourth-order valence-electron chi connectivity index (χ4n) is 1.04. The average molecular weight is 177 g/mol. The summed E-state index contributed by atoms with van der Waals surface area (Å²) in [6.45, 7) is 6.44. The molecule has 13 heavy (non-hydrogen) atoms. The predicted octanol–water partition coefficient (Wildman–Crippen LogP) is 2.91. The van der Waals surface area contributed by atoms with Gasteiger partial charge in [0.15, 0.2) is 0 Å². The third kappa shape index (κ3) is 3.74. The number of hydrogen-bond acceptors (Lipinski definition) is 2. The first-order chi connectivity index (χ1) is 6.18. The minimum atomic E-state index is 0.548. The van der Waals surface area contributed by atoms with Crippen LogP contribution in [0.1, 0.15) is 25.0 Å². The van der Waals surface area contributed by atoms with Crippen LogP contribution in [0, 0.1) is 6.92 Å². The molecule has 1 aromatic rings. The Bertz CT molecular complexity index is 301. The summed E-state index contributed by atoms with van der Waals surface area (Å²) in [5.74, 6) is 0. The molecule has 0 saturated heterocycles. The van der Waals surface area contributed by atoms with E-state index in [0.29, 0.717) is 6.61 Å². The smallest absolute Gasteiger partial charge is 0.142 e. The summed E-state index contributed by atoms with van der Waals surface area (Å²) in [7, 11) is 0. The number of nitrogens with zero attached hydrogens (tertiary/aromatic N) is 1. The van der Waals surface area contributed by atoms with E-state index in [1.165, 1.54) is 5.56 Å². The molecule has 0 radical (unpaired) electrons. The molecule has 0 aliphatic heterocycles. The zero-order chi connectivity index (χ0) is 9.68. The highest BCUT2D eigenvalue weighted by Crippen LogP contribution is 2.05. The van der Waals surface area contributed by atoms with Gasteiger partial charge in [-0.2, -0.15) is 0 Å². The lowest BCUT2D eigenvalue weighted by atomic mass is 10.1. The Morgan fingerprint density at radius 1 is 1.38 bits per heavy atom. The summed E-state index contributed by atoms with van der Waals surface area (Å²) in [6, 6.07) is 8.22. The second-order valence-electron chi connectivity index (χ2n) is 3.30. The summed E-state index contributed by atoms with van der Waals surface area (Å²) in [6.07, 6.45) is 0. The van der Waals surface area contributed by atoms with Crippen LogP contribution < -0.4 is 0 Å². The highest BCUT2D eigenvalue weighted by Gasteiger charge is 1.92. The van der Waals surface area contributed by atoms with Gasteiger partial charge < -0.3 is 4.84 Å². The maximum atomic E-state index is 5.12. The van der Waals surface area contributed by atoms with Crippen molar-refractivity contribution in [2.45, 2.75) is 27.4 Å². The van der Waals surface area contributed by atoms with Crippen LogP contribution in [0.2, 0.25) is 0 Å². The molecule has 0 N–H and O–H groups in total. The third-order valence-corrected chi connectivity index (χ3v) is 1.56. The molecule has 0 aromatic heterocycles. The maximum Gasteiger partial charge on any atom is 0.142 e. The predicted molar refractivity (Wildman–Crippen MR) is 54.8 cm³/mol. The Labute approximate surface area is 79.2 Å². The van der Waals surface area contributed by atoms with E-state index in [2.05, 4.69) is 24.2 Å². The van der Waals surface area contributed by atoms with Crippen LogP contribution >= 0.6 is 0 Å². The summed E-state index contributed by atoms with van der Waals surface area (Å²) in [5.41, 5.74) is 3.34. The van der Waals surface area contributed by atoms with E-state index >= 15 is 0 Å². The van der Waals surface area contributed by atoms with Gasteiger partial charge >= 0.3 is 0 Å². The molecule has 1 aromatic carbocycles. The van der Waals surface area contributed by atoms with E-state index in [1.807, 2.05) is 26.0 Å². The molecular weight excluding hydrogens is 162 g/mol. The second-order valence-corrected chi connectivity index (χ2v) is 3.30. The lowest BCUT2D eigenvalue weighted by Crippen LogP contribution is -1.90. The molecule has 0 amide bonds. The minimum Gasteiger partial charge on any atom is -0.391 e. The Morgan fingerprint density at radius 3 is 2.77 bits per heavy atom. The molecule has 0 spiro atoms. The molecule has 2 nitrogen and oxygen atoms in total. The van der Waals surface area contributed by atoms with Crippen LogP contribution in [0.15, 0.2) is 29.4 Å². The van der Waals surface area contributed by atoms with Crippen molar-refractivity contribution in [3.05, 3.63) is 35.4 Å². The normalized spacial score (nSPS) is 9.46. The topological polar surface area (TPSA) is 21.6 Å². The summed E-state index contributed by atoms with van der Waals surface area (Å²) in [4.78, 5) is 5.12. The van der Waals surface area contributed by atoms with Crippen molar-refractivity contribution in [1.29, 1.82) is 0 Å². The lowest BCUT2D eigenvalue weighted by molar-refractivity contribution is 0.130. The number of aryl methyl sites for hydroxylation is 1. The summed E-state index contributed by atoms with van der Waals surface area (Å²) >= 11 is 0. The molecule has 0 heterocycles. The number of oxime groups is 1. The first-order valence-corrected chi connectivity index (χ1v) is 4.37. The van der Waals surface area contributed by atoms with Crippen LogP contribution in [0.25, 0.3) is 0 Å². The van der Waals surface area contributed by atoms with Crippen molar-refractivity contribution in [3.63, 3.8) is 0 Å². The quantitative estimate of drug-likeness (QED) is 0.514. The molecule has 0 atom stereocenters. The van der Waals surface area contributed by atoms with Crippen molar-refractivity contribution >= 4 is 5.71 Å². The Morgan fingerprint density at radius 2 is 2.15 bits per heavy atom. The SMILES string of the molecule is CC(C)=NOCc1cccc(C)c1. The standard InChI is InChI=1S/C11H15NO/c1-9(2)12-13-8-11-6-4-5-10(3)7-11/h4-7H,8H2,1-3H3. The lowest BCUT2D eigenvalue weighted by Gasteiger charge is -2.01. The largest absolute Gasteiger partial charge is 0.391 e. The van der Waals surface area contributed by atoms with Gasteiger partial charge in [-0.3, -0.25) is 0 Å². The summed E-state index contributed by atoms with van der Waals surface area (Å²) in [5, 5.41) is 3.87. The van der Waals surface area contributed by atoms with E-state index in [-0.39, 0.29) is 0 Å². The van der Waals surface area contributed by atoms with Crippen LogP contribution in [0.4, 0.5) is 0 Å². The highest BCUT2D eigenvalue weighted by molar-refractivity contribution is 5.78. The molecule has 0 aliphatic rings. The van der Waals surface area contributed by atoms with Crippen LogP contribution in [-0.2, 0) is 11.4 Å². The average Bonchev–Trinajstić information content (AvgIpc) is 2.03. The number of rotatable bonds is 3. The van der Waals surface area contributed by atoms with E-state index in [0.717, 1.165) is 11.3 Å². The van der Waals surface area contributed by atoms with E-state index < -0.39 is 0 Å². The van der Waals surface area contributed by atoms with Gasteiger partial charge in [-0.1, -0.05) is 35.0 Å². The van der Waals surface area contributed by atoms with E-state index in [1.54, 1.807) is 0 Å². The van der Waals surface area contributed by atoms with Crippen molar-refractivity contribution < 1.29 is 4.84 Å². The van der Waals surface area contributed by atoms with Gasteiger partial charge in [0.1, 0.15) is 6.61 Å². The Hall–Kier alpha value is -1.31. The molecule has 1 rings (SSSR count). The van der Waals surface area contributed by atoms with Crippen LogP contribution in [0.5, 0.6) is 0 Å². The second kappa shape index (κ2) is 4.65. The molecule has 0 saturated carbocycles. The number of benzene rings is 1. The molecule has 0 bridgehead atoms.